The molecule has 5 rings (SSSR count). The average Bonchev–Trinajstić information content (AvgIpc) is 3.13. The Labute approximate surface area is 208 Å². The van der Waals surface area contributed by atoms with Gasteiger partial charge in [-0.1, -0.05) is 45.0 Å². The van der Waals surface area contributed by atoms with Gasteiger partial charge in [-0.25, -0.2) is 4.39 Å². The molecular weight excluding hydrogens is 461 g/mol. The maximum atomic E-state index is 13.5. The van der Waals surface area contributed by atoms with E-state index in [1.54, 1.807) is 18.2 Å². The highest BCUT2D eigenvalue weighted by atomic mass is 19.1. The molecule has 0 aromatic heterocycles. The Morgan fingerprint density at radius 1 is 0.917 bits per heavy atom. The SMILES string of the molecule is CC(C)(C)c1ccc(C2/C(=C(\O)c3ccc(F)cc3)C(=O)C(=O)N2c2ccc3c(c2)OCCO3)cc1. The maximum Gasteiger partial charge on any atom is 0.300 e. The fourth-order valence-corrected chi connectivity index (χ4v) is 4.52. The van der Waals surface area contributed by atoms with Crippen LogP contribution in [0.1, 0.15) is 43.5 Å². The summed E-state index contributed by atoms with van der Waals surface area (Å²) < 4.78 is 24.8. The molecule has 1 N–H and O–H groups in total. The molecular formula is C29H26FNO5. The largest absolute Gasteiger partial charge is 0.507 e. The van der Waals surface area contributed by atoms with Gasteiger partial charge >= 0.3 is 0 Å². The summed E-state index contributed by atoms with van der Waals surface area (Å²) in [6.45, 7) is 7.08. The first-order valence-corrected chi connectivity index (χ1v) is 11.7. The van der Waals surface area contributed by atoms with Crippen molar-refractivity contribution >= 4 is 23.1 Å². The third-order valence-electron chi connectivity index (χ3n) is 6.46. The van der Waals surface area contributed by atoms with Crippen LogP contribution in [0.4, 0.5) is 10.1 Å². The van der Waals surface area contributed by atoms with Crippen LogP contribution in [0.2, 0.25) is 0 Å². The zero-order chi connectivity index (χ0) is 25.6. The molecule has 3 aromatic rings. The molecule has 1 saturated heterocycles. The lowest BCUT2D eigenvalue weighted by atomic mass is 9.85. The first kappa shape index (κ1) is 23.6. The number of fused-ring (bicyclic) bond motifs is 1. The van der Waals surface area contributed by atoms with Crippen LogP contribution in [0.25, 0.3) is 5.76 Å². The van der Waals surface area contributed by atoms with Crippen molar-refractivity contribution in [2.24, 2.45) is 0 Å². The molecule has 1 atom stereocenters. The Hall–Kier alpha value is -4.13. The highest BCUT2D eigenvalue weighted by molar-refractivity contribution is 6.51. The highest BCUT2D eigenvalue weighted by Gasteiger charge is 2.47. The fraction of sp³-hybridized carbons (Fsp3) is 0.241. The van der Waals surface area contributed by atoms with Gasteiger partial charge in [-0.05, 0) is 52.9 Å². The number of nitrogens with zero attached hydrogens (tertiary/aromatic N) is 1. The summed E-state index contributed by atoms with van der Waals surface area (Å²) in [5.41, 5.74) is 2.26. The van der Waals surface area contributed by atoms with Gasteiger partial charge in [0.25, 0.3) is 11.7 Å². The number of halogens is 1. The van der Waals surface area contributed by atoms with Gasteiger partial charge in [0.15, 0.2) is 11.5 Å². The predicted octanol–water partition coefficient (Wildman–Crippen LogP) is 5.52. The summed E-state index contributed by atoms with van der Waals surface area (Å²) in [6, 6.07) is 16.9. The van der Waals surface area contributed by atoms with Crippen molar-refractivity contribution in [1.82, 2.24) is 0 Å². The lowest BCUT2D eigenvalue weighted by Gasteiger charge is -2.28. The van der Waals surface area contributed by atoms with E-state index in [-0.39, 0.29) is 22.3 Å². The van der Waals surface area contributed by atoms with Gasteiger partial charge in [0, 0.05) is 17.3 Å². The fourth-order valence-electron chi connectivity index (χ4n) is 4.52. The monoisotopic (exact) mass is 487 g/mol. The number of aliphatic hydroxyl groups excluding tert-OH is 1. The van der Waals surface area contributed by atoms with Gasteiger partial charge in [-0.2, -0.15) is 0 Å². The molecule has 0 aliphatic carbocycles. The molecule has 2 aliphatic heterocycles. The number of amides is 1. The number of Topliss-reactive ketones (excluding diaryl/α,β-unsaturated/α-hetero) is 1. The zero-order valence-electron chi connectivity index (χ0n) is 20.2. The summed E-state index contributed by atoms with van der Waals surface area (Å²) in [5, 5.41) is 11.2. The number of anilines is 1. The molecule has 36 heavy (non-hydrogen) atoms. The molecule has 0 saturated carbocycles. The van der Waals surface area contributed by atoms with Crippen molar-refractivity contribution in [3.63, 3.8) is 0 Å². The van der Waals surface area contributed by atoms with Crippen molar-refractivity contribution in [1.29, 1.82) is 0 Å². The number of aliphatic hydroxyl groups is 1. The normalized spacial score (nSPS) is 19.0. The van der Waals surface area contributed by atoms with E-state index >= 15 is 0 Å². The number of carbonyl (C=O) groups is 2. The van der Waals surface area contributed by atoms with Crippen LogP contribution >= 0.6 is 0 Å². The van der Waals surface area contributed by atoms with Crippen molar-refractivity contribution in [3.05, 3.63) is 94.8 Å². The number of hydrogen-bond donors (Lipinski definition) is 1. The smallest absolute Gasteiger partial charge is 0.300 e. The predicted molar refractivity (Wildman–Crippen MR) is 134 cm³/mol. The summed E-state index contributed by atoms with van der Waals surface area (Å²) >= 11 is 0. The van der Waals surface area contributed by atoms with Gasteiger partial charge in [-0.15, -0.1) is 0 Å². The minimum atomic E-state index is -0.897. The molecule has 1 amide bonds. The van der Waals surface area contributed by atoms with Crippen LogP contribution in [-0.4, -0.2) is 30.0 Å². The average molecular weight is 488 g/mol. The zero-order valence-corrected chi connectivity index (χ0v) is 20.2. The van der Waals surface area contributed by atoms with Crippen LogP contribution in [0.5, 0.6) is 11.5 Å². The second-order valence-electron chi connectivity index (χ2n) is 9.88. The summed E-state index contributed by atoms with van der Waals surface area (Å²) in [4.78, 5) is 28.1. The van der Waals surface area contributed by atoms with E-state index < -0.39 is 23.5 Å². The Kier molecular flexibility index (Phi) is 5.79. The van der Waals surface area contributed by atoms with Crippen LogP contribution in [0, 0.1) is 5.82 Å². The highest BCUT2D eigenvalue weighted by Crippen LogP contribution is 2.44. The molecule has 7 heteroatoms. The Morgan fingerprint density at radius 3 is 2.19 bits per heavy atom. The van der Waals surface area contributed by atoms with E-state index in [2.05, 4.69) is 20.8 Å². The Balaban J connectivity index is 1.68. The number of hydrogen-bond acceptors (Lipinski definition) is 5. The van der Waals surface area contributed by atoms with Crippen molar-refractivity contribution in [2.45, 2.75) is 32.2 Å². The van der Waals surface area contributed by atoms with Gasteiger partial charge in [0.05, 0.1) is 11.6 Å². The second kappa shape index (κ2) is 8.82. The lowest BCUT2D eigenvalue weighted by Crippen LogP contribution is -2.29. The van der Waals surface area contributed by atoms with Gasteiger partial charge in [0.2, 0.25) is 0 Å². The van der Waals surface area contributed by atoms with Crippen LogP contribution in [0.15, 0.2) is 72.3 Å². The van der Waals surface area contributed by atoms with E-state index in [1.165, 1.54) is 29.2 Å². The van der Waals surface area contributed by atoms with Gasteiger partial charge in [0.1, 0.15) is 24.8 Å². The van der Waals surface area contributed by atoms with E-state index in [1.807, 2.05) is 24.3 Å². The van der Waals surface area contributed by atoms with Crippen molar-refractivity contribution in [3.8, 4) is 11.5 Å². The van der Waals surface area contributed by atoms with Gasteiger partial charge < -0.3 is 14.6 Å². The minimum Gasteiger partial charge on any atom is -0.507 e. The molecule has 3 aromatic carbocycles. The van der Waals surface area contributed by atoms with Crippen molar-refractivity contribution in [2.75, 3.05) is 18.1 Å². The molecule has 0 radical (unpaired) electrons. The third-order valence-corrected chi connectivity index (χ3v) is 6.46. The van der Waals surface area contributed by atoms with E-state index in [0.717, 1.165) is 5.56 Å². The van der Waals surface area contributed by atoms with Crippen LogP contribution in [-0.2, 0) is 15.0 Å². The summed E-state index contributed by atoms with van der Waals surface area (Å²) in [5.74, 6) is -1.41. The first-order valence-electron chi connectivity index (χ1n) is 11.7. The Morgan fingerprint density at radius 2 is 1.56 bits per heavy atom. The molecule has 1 unspecified atom stereocenters. The number of ether oxygens (including phenoxy) is 2. The lowest BCUT2D eigenvalue weighted by molar-refractivity contribution is -0.132. The van der Waals surface area contributed by atoms with E-state index in [4.69, 9.17) is 9.47 Å². The third kappa shape index (κ3) is 4.11. The maximum absolute atomic E-state index is 13.5. The molecule has 2 heterocycles. The van der Waals surface area contributed by atoms with Crippen LogP contribution in [0.3, 0.4) is 0 Å². The molecule has 2 aliphatic rings. The molecule has 0 spiro atoms. The number of ketones is 1. The second-order valence-corrected chi connectivity index (χ2v) is 9.88. The van der Waals surface area contributed by atoms with Gasteiger partial charge in [-0.3, -0.25) is 14.5 Å². The standard InChI is InChI=1S/C29H26FNO5/c1-29(2,3)19-8-4-17(5-9-19)25-24(26(32)18-6-10-20(30)11-7-18)27(33)28(34)31(25)21-12-13-22-23(16-21)36-15-14-35-22/h4-13,16,25,32H,14-15H2,1-3H3/b26-24+. The quantitative estimate of drug-likeness (QED) is 0.299. The molecule has 184 valence electrons. The molecule has 0 bridgehead atoms. The number of benzene rings is 3. The van der Waals surface area contributed by atoms with Crippen molar-refractivity contribution < 1.29 is 28.6 Å². The minimum absolute atomic E-state index is 0.0648. The topological polar surface area (TPSA) is 76.1 Å². The van der Waals surface area contributed by atoms with Crippen LogP contribution < -0.4 is 14.4 Å². The number of carbonyl (C=O) groups excluding carboxylic acids is 2. The molecule has 6 nitrogen and oxygen atoms in total. The summed E-state index contributed by atoms with van der Waals surface area (Å²) in [7, 11) is 0. The first-order chi connectivity index (χ1) is 17.1. The number of rotatable bonds is 3. The molecule has 1 fully saturated rings. The van der Waals surface area contributed by atoms with E-state index in [0.29, 0.717) is 36.0 Å². The summed E-state index contributed by atoms with van der Waals surface area (Å²) in [6.07, 6.45) is 0. The Bertz CT molecular complexity index is 1370. The van der Waals surface area contributed by atoms with E-state index in [9.17, 15) is 19.1 Å².